The van der Waals surface area contributed by atoms with Crippen LogP contribution in [0.15, 0.2) is 41.8 Å². The Morgan fingerprint density at radius 2 is 1.60 bits per heavy atom. The summed E-state index contributed by atoms with van der Waals surface area (Å²) in [6, 6.07) is -1.03. The monoisotopic (exact) mass is 910 g/mol. The van der Waals surface area contributed by atoms with Crippen molar-refractivity contribution in [2.45, 2.75) is 114 Å². The van der Waals surface area contributed by atoms with Crippen molar-refractivity contribution in [3.63, 3.8) is 0 Å². The molecule has 6 amide bonds. The van der Waals surface area contributed by atoms with Crippen LogP contribution in [0.5, 0.6) is 5.75 Å². The van der Waals surface area contributed by atoms with Crippen molar-refractivity contribution in [2.24, 2.45) is 39.9 Å². The van der Waals surface area contributed by atoms with E-state index in [1.54, 1.807) is 19.1 Å². The number of nitrogens with two attached hydrogens (primary N) is 3. The van der Waals surface area contributed by atoms with Crippen LogP contribution < -0.4 is 43.8 Å². The van der Waals surface area contributed by atoms with Gasteiger partial charge >= 0.3 is 11.9 Å². The van der Waals surface area contributed by atoms with Gasteiger partial charge in [-0.15, -0.1) is 0 Å². The zero-order valence-corrected chi connectivity index (χ0v) is 36.5. The number of guanidine groups is 1. The number of aromatic nitrogens is 2. The number of carbonyl (C=O) groups excluding carboxylic acids is 6. The lowest BCUT2D eigenvalue weighted by molar-refractivity contribution is -0.149. The van der Waals surface area contributed by atoms with Crippen LogP contribution in [0.1, 0.15) is 76.5 Å². The number of rotatable bonds is 25. The molecule has 23 heteroatoms. The van der Waals surface area contributed by atoms with Gasteiger partial charge in [0.15, 0.2) is 5.96 Å². The number of likely N-dealkylation sites (tertiary alicyclic amines) is 1. The van der Waals surface area contributed by atoms with E-state index in [1.807, 2.05) is 6.92 Å². The van der Waals surface area contributed by atoms with Gasteiger partial charge in [-0.3, -0.25) is 38.6 Å². The first-order chi connectivity index (χ1) is 30.9. The lowest BCUT2D eigenvalue weighted by atomic mass is 9.74. The summed E-state index contributed by atoms with van der Waals surface area (Å²) in [5.41, 5.74) is 17.5. The maximum atomic E-state index is 14.2. The van der Waals surface area contributed by atoms with Gasteiger partial charge in [-0.05, 0) is 68.1 Å². The fourth-order valence-electron chi connectivity index (χ4n) is 7.70. The minimum absolute atomic E-state index is 0.0101. The number of benzene rings is 1. The number of phenols is 1. The summed E-state index contributed by atoms with van der Waals surface area (Å²) in [6.07, 6.45) is 4.49. The Kier molecular flexibility index (Phi) is 19.0. The van der Waals surface area contributed by atoms with Gasteiger partial charge in [0.1, 0.15) is 36.0 Å². The van der Waals surface area contributed by atoms with Crippen molar-refractivity contribution >= 4 is 53.3 Å². The van der Waals surface area contributed by atoms with Gasteiger partial charge in [0, 0.05) is 50.3 Å². The number of amides is 6. The molecule has 1 aliphatic carbocycles. The molecule has 0 bridgehead atoms. The third-order valence-electron chi connectivity index (χ3n) is 11.7. The molecule has 1 saturated carbocycles. The number of carboxylic acid groups (broad SMARTS) is 2. The van der Waals surface area contributed by atoms with E-state index < -0.39 is 102 Å². The number of imidazole rings is 1. The summed E-state index contributed by atoms with van der Waals surface area (Å²) in [4.78, 5) is 117. The van der Waals surface area contributed by atoms with E-state index >= 15 is 0 Å². The lowest BCUT2D eigenvalue weighted by Gasteiger charge is -2.36. The number of carbonyl (C=O) groups is 8. The summed E-state index contributed by atoms with van der Waals surface area (Å²) >= 11 is 0. The summed E-state index contributed by atoms with van der Waals surface area (Å²) < 4.78 is 0. The number of nitrogens with zero attached hydrogens (tertiary/aromatic N) is 3. The molecular formula is C42H62N12O11. The number of hydrogen-bond donors (Lipinski definition) is 12. The average molecular weight is 911 g/mol. The number of aromatic amines is 1. The Morgan fingerprint density at radius 3 is 2.22 bits per heavy atom. The molecule has 4 rings (SSSR count). The van der Waals surface area contributed by atoms with Gasteiger partial charge in [0.2, 0.25) is 35.4 Å². The fourth-order valence-corrected chi connectivity index (χ4v) is 7.70. The van der Waals surface area contributed by atoms with Crippen LogP contribution in [0.4, 0.5) is 0 Å². The van der Waals surface area contributed by atoms with Crippen LogP contribution >= 0.6 is 0 Å². The van der Waals surface area contributed by atoms with E-state index in [9.17, 15) is 48.6 Å². The molecule has 1 saturated heterocycles. The van der Waals surface area contributed by atoms with Crippen molar-refractivity contribution in [1.82, 2.24) is 41.5 Å². The number of H-pyrrole nitrogens is 1. The van der Waals surface area contributed by atoms with E-state index in [1.165, 1.54) is 29.6 Å². The van der Waals surface area contributed by atoms with Crippen LogP contribution in [0, 0.1) is 17.8 Å². The maximum absolute atomic E-state index is 14.2. The molecule has 23 nitrogen and oxygen atoms in total. The van der Waals surface area contributed by atoms with Crippen molar-refractivity contribution in [1.29, 1.82) is 0 Å². The second-order valence-corrected chi connectivity index (χ2v) is 16.7. The number of aliphatic imine (C=N–C) groups is 1. The Morgan fingerprint density at radius 1 is 0.908 bits per heavy atom. The Hall–Kier alpha value is -6.78. The maximum Gasteiger partial charge on any atom is 0.326 e. The third kappa shape index (κ3) is 15.5. The van der Waals surface area contributed by atoms with Crippen LogP contribution in [-0.2, 0) is 51.2 Å². The molecule has 2 fully saturated rings. The van der Waals surface area contributed by atoms with Crippen LogP contribution in [-0.4, -0.2) is 139 Å². The number of hydrogen-bond acceptors (Lipinski definition) is 12. The van der Waals surface area contributed by atoms with Crippen LogP contribution in [0.2, 0.25) is 0 Å². The van der Waals surface area contributed by atoms with Gasteiger partial charge in [-0.2, -0.15) is 0 Å². The Balaban J connectivity index is 1.43. The SMILES string of the molecule is CCC(C)[C@H](NC(=O)[C@H](Cc1ccc(O)cc1)NC(=O)C1CC(CNC(=O)[C@H](CCCN=C(N)N)NC(=O)[C@@H](N)CC(=O)O)C1)C(=O)N[C@@H](Cc1cnc[nH]1)C(=O)N1CCC[C@H]1C(=O)O. The highest BCUT2D eigenvalue weighted by atomic mass is 16.4. The normalized spacial score (nSPS) is 19.4. The summed E-state index contributed by atoms with van der Waals surface area (Å²) in [6.45, 7) is 4.08. The van der Waals surface area contributed by atoms with Gasteiger partial charge < -0.3 is 69.0 Å². The first kappa shape index (κ1) is 50.9. The van der Waals surface area contributed by atoms with Gasteiger partial charge in [-0.25, -0.2) is 9.78 Å². The second kappa shape index (κ2) is 24.3. The standard InChI is InChI=1S/C42H62N12O11/c1-3-22(2)34(39(62)52-31(17-26-20-46-21-49-26)40(63)54-13-5-7-32(54)41(64)65)53-38(61)30(16-23-8-10-27(55)11-9-23)51-35(58)25-14-24(15-25)19-48-37(60)29(6-4-12-47-42(44)45)50-36(59)28(43)18-33(56)57/h8-11,20-22,24-25,28-32,34,55H,3-7,12-19,43H2,1-2H3,(H,46,49)(H,48,60)(H,50,59)(H,51,58)(H,52,62)(H,53,61)(H,56,57)(H,64,65)(H4,44,45,47)/t22?,24?,25?,28-,29-,30-,31-,32-,34-/m0/s1. The number of nitrogens with one attached hydrogen (secondary N) is 6. The topological polar surface area (TPSA) is 380 Å². The zero-order valence-electron chi connectivity index (χ0n) is 36.5. The van der Waals surface area contributed by atoms with E-state index in [4.69, 9.17) is 22.3 Å². The first-order valence-electron chi connectivity index (χ1n) is 21.7. The number of phenolic OH excluding ortho intramolecular Hbond substituents is 1. The summed E-state index contributed by atoms with van der Waals surface area (Å²) in [5.74, 6) is -7.53. The number of aromatic hydroxyl groups is 1. The Bertz CT molecular complexity index is 2010. The number of carboxylic acids is 2. The predicted molar refractivity (Wildman–Crippen MR) is 233 cm³/mol. The first-order valence-corrected chi connectivity index (χ1v) is 21.7. The molecule has 1 aromatic heterocycles. The molecule has 0 spiro atoms. The van der Waals surface area contributed by atoms with E-state index in [0.717, 1.165) is 0 Å². The highest BCUT2D eigenvalue weighted by Gasteiger charge is 2.41. The quantitative estimate of drug-likeness (QED) is 0.0290. The molecule has 0 radical (unpaired) electrons. The van der Waals surface area contributed by atoms with Crippen molar-refractivity contribution in [2.75, 3.05) is 19.6 Å². The molecule has 2 aliphatic rings. The van der Waals surface area contributed by atoms with E-state index in [-0.39, 0.29) is 62.9 Å². The van der Waals surface area contributed by atoms with Crippen molar-refractivity contribution in [3.05, 3.63) is 48.0 Å². The summed E-state index contributed by atoms with van der Waals surface area (Å²) in [5, 5.41) is 42.3. The van der Waals surface area contributed by atoms with Crippen molar-refractivity contribution in [3.8, 4) is 5.75 Å². The summed E-state index contributed by atoms with van der Waals surface area (Å²) in [7, 11) is 0. The highest BCUT2D eigenvalue weighted by molar-refractivity contribution is 5.96. The molecule has 1 aromatic carbocycles. The fraction of sp³-hybridized carbons (Fsp3) is 0.571. The van der Waals surface area contributed by atoms with E-state index in [2.05, 4.69) is 41.5 Å². The largest absolute Gasteiger partial charge is 0.508 e. The number of aliphatic carboxylic acids is 2. The van der Waals surface area contributed by atoms with Crippen molar-refractivity contribution < 1.29 is 53.7 Å². The Labute approximate surface area is 375 Å². The van der Waals surface area contributed by atoms with Gasteiger partial charge in [0.25, 0.3) is 0 Å². The van der Waals surface area contributed by atoms with Gasteiger partial charge in [-0.1, -0.05) is 32.4 Å². The molecule has 356 valence electrons. The lowest BCUT2D eigenvalue weighted by Crippen LogP contribution is -2.60. The van der Waals surface area contributed by atoms with E-state index in [0.29, 0.717) is 43.4 Å². The highest BCUT2D eigenvalue weighted by Crippen LogP contribution is 2.33. The molecule has 1 unspecified atom stereocenters. The second-order valence-electron chi connectivity index (χ2n) is 16.7. The average Bonchev–Trinajstić information content (AvgIpc) is 3.96. The van der Waals surface area contributed by atoms with Crippen LogP contribution in [0.3, 0.4) is 0 Å². The molecule has 15 N–H and O–H groups in total. The minimum Gasteiger partial charge on any atom is -0.508 e. The molecule has 7 atom stereocenters. The van der Waals surface area contributed by atoms with Crippen LogP contribution in [0.25, 0.3) is 0 Å². The predicted octanol–water partition coefficient (Wildman–Crippen LogP) is -2.04. The molecule has 2 aromatic rings. The zero-order chi connectivity index (χ0) is 47.8. The molecule has 2 heterocycles. The smallest absolute Gasteiger partial charge is 0.326 e. The molecule has 1 aliphatic heterocycles. The molecule has 65 heavy (non-hydrogen) atoms. The minimum atomic E-state index is -1.39. The third-order valence-corrected chi connectivity index (χ3v) is 11.7. The molecular weight excluding hydrogens is 849 g/mol. The van der Waals surface area contributed by atoms with Gasteiger partial charge in [0.05, 0.1) is 18.8 Å².